The fourth-order valence-electron chi connectivity index (χ4n) is 1.00. The summed E-state index contributed by atoms with van der Waals surface area (Å²) in [7, 11) is 0. The van der Waals surface area contributed by atoms with Crippen LogP contribution >= 0.6 is 0 Å². The topological polar surface area (TPSA) is 44.0 Å². The van der Waals surface area contributed by atoms with Gasteiger partial charge in [0.25, 0.3) is 0 Å². The summed E-state index contributed by atoms with van der Waals surface area (Å²) >= 11 is 0. The first-order chi connectivity index (χ1) is 6.77. The van der Waals surface area contributed by atoms with Gasteiger partial charge in [-0.2, -0.15) is 5.26 Å². The van der Waals surface area contributed by atoms with Crippen LogP contribution in [0.5, 0.6) is 0 Å². The maximum Gasteiger partial charge on any atom is 0.138 e. The Morgan fingerprint density at radius 3 is 2.86 bits per heavy atom. The van der Waals surface area contributed by atoms with Crippen LogP contribution in [-0.4, -0.2) is 11.7 Å². The van der Waals surface area contributed by atoms with Crippen molar-refractivity contribution in [3.05, 3.63) is 35.1 Å². The van der Waals surface area contributed by atoms with E-state index in [1.165, 1.54) is 12.1 Å². The van der Waals surface area contributed by atoms with Crippen LogP contribution in [0.2, 0.25) is 0 Å². The van der Waals surface area contributed by atoms with Gasteiger partial charge in [-0.25, -0.2) is 4.39 Å². The standard InChI is InChI=1S/C11H8FNO/c12-11-4-3-9(5-6-13)8-10(11)2-1-7-14/h3-4,8,14H,5,7H2. The minimum atomic E-state index is -0.437. The highest BCUT2D eigenvalue weighted by Gasteiger charge is 2.00. The molecule has 1 aromatic rings. The van der Waals surface area contributed by atoms with E-state index in [0.717, 1.165) is 5.56 Å². The molecule has 1 aromatic carbocycles. The molecule has 0 aromatic heterocycles. The van der Waals surface area contributed by atoms with E-state index in [-0.39, 0.29) is 18.6 Å². The molecule has 0 aliphatic carbocycles. The van der Waals surface area contributed by atoms with Crippen LogP contribution in [0, 0.1) is 29.0 Å². The Balaban J connectivity index is 3.03. The molecule has 14 heavy (non-hydrogen) atoms. The molecule has 0 unspecified atom stereocenters. The van der Waals surface area contributed by atoms with Gasteiger partial charge >= 0.3 is 0 Å². The van der Waals surface area contributed by atoms with Crippen LogP contribution in [0.4, 0.5) is 4.39 Å². The van der Waals surface area contributed by atoms with Gasteiger partial charge < -0.3 is 5.11 Å². The number of rotatable bonds is 1. The molecule has 0 radical (unpaired) electrons. The Bertz CT molecular complexity index is 423. The zero-order valence-electron chi connectivity index (χ0n) is 7.42. The van der Waals surface area contributed by atoms with Crippen LogP contribution in [0.3, 0.4) is 0 Å². The molecule has 0 bridgehead atoms. The lowest BCUT2D eigenvalue weighted by Crippen LogP contribution is -1.88. The summed E-state index contributed by atoms with van der Waals surface area (Å²) in [5, 5.41) is 16.9. The van der Waals surface area contributed by atoms with Crippen molar-refractivity contribution in [1.29, 1.82) is 5.26 Å². The van der Waals surface area contributed by atoms with E-state index in [1.807, 2.05) is 6.07 Å². The molecular formula is C11H8FNO. The van der Waals surface area contributed by atoms with Crippen LogP contribution in [-0.2, 0) is 6.42 Å². The zero-order chi connectivity index (χ0) is 10.4. The van der Waals surface area contributed by atoms with Crippen molar-refractivity contribution in [3.63, 3.8) is 0 Å². The lowest BCUT2D eigenvalue weighted by atomic mass is 10.1. The molecule has 1 N–H and O–H groups in total. The second kappa shape index (κ2) is 5.01. The Morgan fingerprint density at radius 2 is 2.21 bits per heavy atom. The summed E-state index contributed by atoms with van der Waals surface area (Å²) in [5.74, 6) is 4.40. The van der Waals surface area contributed by atoms with E-state index in [4.69, 9.17) is 10.4 Å². The SMILES string of the molecule is N#CCc1ccc(F)c(C#CCO)c1. The Hall–Kier alpha value is -1.84. The molecule has 0 atom stereocenters. The number of benzene rings is 1. The van der Waals surface area contributed by atoms with Crippen molar-refractivity contribution >= 4 is 0 Å². The number of nitrogens with zero attached hydrogens (tertiary/aromatic N) is 1. The predicted molar refractivity (Wildman–Crippen MR) is 49.7 cm³/mol. The Morgan fingerprint density at radius 1 is 1.43 bits per heavy atom. The number of hydrogen-bond donors (Lipinski definition) is 1. The number of aliphatic hydroxyl groups is 1. The summed E-state index contributed by atoms with van der Waals surface area (Å²) in [5.41, 5.74) is 0.933. The maximum absolute atomic E-state index is 13.1. The molecule has 0 aliphatic rings. The van der Waals surface area contributed by atoms with Crippen molar-refractivity contribution in [2.24, 2.45) is 0 Å². The maximum atomic E-state index is 13.1. The van der Waals surface area contributed by atoms with Gasteiger partial charge in [-0.15, -0.1) is 0 Å². The number of nitriles is 1. The van der Waals surface area contributed by atoms with Gasteiger partial charge in [0.1, 0.15) is 12.4 Å². The highest BCUT2D eigenvalue weighted by molar-refractivity contribution is 5.39. The second-order valence-electron chi connectivity index (χ2n) is 2.61. The van der Waals surface area contributed by atoms with E-state index >= 15 is 0 Å². The van der Waals surface area contributed by atoms with Crippen LogP contribution in [0.25, 0.3) is 0 Å². The fraction of sp³-hybridized carbons (Fsp3) is 0.182. The van der Waals surface area contributed by atoms with E-state index in [2.05, 4.69) is 11.8 Å². The van der Waals surface area contributed by atoms with Crippen molar-refractivity contribution in [2.45, 2.75) is 6.42 Å². The molecule has 70 valence electrons. The van der Waals surface area contributed by atoms with Gasteiger partial charge in [-0.1, -0.05) is 17.9 Å². The van der Waals surface area contributed by atoms with Crippen LogP contribution < -0.4 is 0 Å². The van der Waals surface area contributed by atoms with Gasteiger partial charge in [0.05, 0.1) is 18.1 Å². The molecule has 0 amide bonds. The molecule has 0 aliphatic heterocycles. The summed E-state index contributed by atoms with van der Waals surface area (Å²) in [6, 6.07) is 6.30. The Labute approximate surface area is 81.6 Å². The van der Waals surface area contributed by atoms with E-state index in [9.17, 15) is 4.39 Å². The molecule has 1 rings (SSSR count). The highest BCUT2D eigenvalue weighted by atomic mass is 19.1. The third kappa shape index (κ3) is 2.58. The van der Waals surface area contributed by atoms with E-state index in [0.29, 0.717) is 0 Å². The zero-order valence-corrected chi connectivity index (χ0v) is 7.42. The second-order valence-corrected chi connectivity index (χ2v) is 2.61. The molecule has 2 nitrogen and oxygen atoms in total. The largest absolute Gasteiger partial charge is 0.384 e. The average molecular weight is 189 g/mol. The smallest absolute Gasteiger partial charge is 0.138 e. The predicted octanol–water partition coefficient (Wildman–Crippen LogP) is 1.24. The quantitative estimate of drug-likeness (QED) is 0.675. The van der Waals surface area contributed by atoms with Crippen molar-refractivity contribution in [1.82, 2.24) is 0 Å². The number of hydrogen-bond acceptors (Lipinski definition) is 2. The molecule has 0 saturated heterocycles. The van der Waals surface area contributed by atoms with Gasteiger partial charge in [-0.3, -0.25) is 0 Å². The van der Waals surface area contributed by atoms with Gasteiger partial charge in [-0.05, 0) is 17.7 Å². The van der Waals surface area contributed by atoms with Gasteiger partial charge in [0.15, 0.2) is 0 Å². The van der Waals surface area contributed by atoms with Crippen molar-refractivity contribution < 1.29 is 9.50 Å². The Kier molecular flexibility index (Phi) is 3.67. The van der Waals surface area contributed by atoms with Crippen LogP contribution in [0.1, 0.15) is 11.1 Å². The lowest BCUT2D eigenvalue weighted by molar-refractivity contribution is 0.350. The average Bonchev–Trinajstić information content (AvgIpc) is 2.19. The normalized spacial score (nSPS) is 8.64. The monoisotopic (exact) mass is 189 g/mol. The van der Waals surface area contributed by atoms with Crippen LogP contribution in [0.15, 0.2) is 18.2 Å². The van der Waals surface area contributed by atoms with E-state index < -0.39 is 5.82 Å². The van der Waals surface area contributed by atoms with Gasteiger partial charge in [0, 0.05) is 0 Å². The number of aliphatic hydroxyl groups excluding tert-OH is 1. The fourth-order valence-corrected chi connectivity index (χ4v) is 1.00. The van der Waals surface area contributed by atoms with Crippen molar-refractivity contribution in [3.8, 4) is 17.9 Å². The molecular weight excluding hydrogens is 181 g/mol. The molecule has 3 heteroatoms. The third-order valence-corrected chi connectivity index (χ3v) is 1.62. The summed E-state index contributed by atoms with van der Waals surface area (Å²) in [6.45, 7) is -0.304. The molecule has 0 saturated carbocycles. The minimum Gasteiger partial charge on any atom is -0.384 e. The number of halogens is 1. The van der Waals surface area contributed by atoms with Crippen molar-refractivity contribution in [2.75, 3.05) is 6.61 Å². The van der Waals surface area contributed by atoms with Gasteiger partial charge in [0.2, 0.25) is 0 Å². The molecule has 0 heterocycles. The summed E-state index contributed by atoms with van der Waals surface area (Å²) < 4.78 is 13.1. The summed E-state index contributed by atoms with van der Waals surface area (Å²) in [6.07, 6.45) is 0.230. The summed E-state index contributed by atoms with van der Waals surface area (Å²) in [4.78, 5) is 0. The first-order valence-electron chi connectivity index (χ1n) is 4.03. The first-order valence-corrected chi connectivity index (χ1v) is 4.03. The first kappa shape index (κ1) is 10.2. The minimum absolute atomic E-state index is 0.215. The highest BCUT2D eigenvalue weighted by Crippen LogP contribution is 2.09. The van der Waals surface area contributed by atoms with E-state index in [1.54, 1.807) is 6.07 Å². The molecule has 0 fully saturated rings. The molecule has 0 spiro atoms. The third-order valence-electron chi connectivity index (χ3n) is 1.62. The lowest BCUT2D eigenvalue weighted by Gasteiger charge is -1.97.